The smallest absolute Gasteiger partial charge is 0.192 e. The highest BCUT2D eigenvalue weighted by atomic mass is 16.4. The third-order valence-electron chi connectivity index (χ3n) is 3.23. The van der Waals surface area contributed by atoms with Gasteiger partial charge in [0.05, 0.1) is 5.60 Å². The molecule has 1 aromatic heterocycles. The number of oxime groups is 1. The Hall–Kier alpha value is -1.93. The predicted molar refractivity (Wildman–Crippen MR) is 67.8 cm³/mol. The molecule has 0 unspecified atom stereocenters. The fourth-order valence-corrected chi connectivity index (χ4v) is 2.24. The molecule has 0 atom stereocenters. The van der Waals surface area contributed by atoms with Gasteiger partial charge >= 0.3 is 0 Å². The van der Waals surface area contributed by atoms with Crippen molar-refractivity contribution >= 4 is 11.7 Å². The van der Waals surface area contributed by atoms with Gasteiger partial charge in [0.2, 0.25) is 0 Å². The van der Waals surface area contributed by atoms with E-state index in [1.54, 1.807) is 0 Å². The van der Waals surface area contributed by atoms with E-state index in [9.17, 15) is 5.11 Å². The van der Waals surface area contributed by atoms with E-state index in [1.165, 1.54) is 12.4 Å². The first kappa shape index (κ1) is 13.5. The van der Waals surface area contributed by atoms with E-state index in [0.29, 0.717) is 18.7 Å². The van der Waals surface area contributed by atoms with Crippen LogP contribution in [0.1, 0.15) is 18.5 Å². The lowest BCUT2D eigenvalue weighted by Gasteiger charge is -2.43. The number of rotatable bonds is 5. The summed E-state index contributed by atoms with van der Waals surface area (Å²) in [6.45, 7) is 0.358. The number of anilines is 1. The van der Waals surface area contributed by atoms with Crippen LogP contribution in [-0.4, -0.2) is 50.0 Å². The average Bonchev–Trinajstić information content (AvgIpc) is 2.41. The van der Waals surface area contributed by atoms with Crippen molar-refractivity contribution in [1.82, 2.24) is 9.97 Å². The number of aromatic nitrogens is 2. The van der Waals surface area contributed by atoms with E-state index >= 15 is 0 Å². The Bertz CT molecular complexity index is 473. The van der Waals surface area contributed by atoms with Gasteiger partial charge in [-0.3, -0.25) is 0 Å². The third kappa shape index (κ3) is 2.91. The summed E-state index contributed by atoms with van der Waals surface area (Å²) in [7, 11) is 0. The number of amidine groups is 1. The first-order chi connectivity index (χ1) is 9.08. The van der Waals surface area contributed by atoms with E-state index in [1.807, 2.05) is 0 Å². The second-order valence-corrected chi connectivity index (χ2v) is 4.77. The van der Waals surface area contributed by atoms with E-state index < -0.39 is 5.60 Å². The van der Waals surface area contributed by atoms with E-state index in [2.05, 4.69) is 20.4 Å². The molecule has 0 amide bonds. The van der Waals surface area contributed by atoms with Gasteiger partial charge in [-0.2, -0.15) is 0 Å². The molecule has 0 aromatic carbocycles. The topological polar surface area (TPSA) is 137 Å². The highest BCUT2D eigenvalue weighted by Gasteiger charge is 2.42. The summed E-state index contributed by atoms with van der Waals surface area (Å²) in [4.78, 5) is 8.00. The van der Waals surface area contributed by atoms with Crippen molar-refractivity contribution < 1.29 is 15.4 Å². The van der Waals surface area contributed by atoms with Crippen molar-refractivity contribution in [3.63, 3.8) is 0 Å². The molecule has 8 nitrogen and oxygen atoms in total. The minimum Gasteiger partial charge on any atom is -0.409 e. The molecular formula is C11H17N5O3. The van der Waals surface area contributed by atoms with Gasteiger partial charge in [-0.15, -0.1) is 0 Å². The average molecular weight is 267 g/mol. The lowest BCUT2D eigenvalue weighted by molar-refractivity contribution is -0.0764. The van der Waals surface area contributed by atoms with Crippen LogP contribution in [-0.2, 0) is 0 Å². The highest BCUT2D eigenvalue weighted by molar-refractivity contribution is 5.99. The second kappa shape index (κ2) is 5.37. The molecule has 19 heavy (non-hydrogen) atoms. The molecule has 1 saturated carbocycles. The molecule has 1 fully saturated rings. The number of nitrogens with zero attached hydrogens (tertiary/aromatic N) is 3. The molecular weight excluding hydrogens is 250 g/mol. The summed E-state index contributed by atoms with van der Waals surface area (Å²) < 4.78 is 0. The van der Waals surface area contributed by atoms with Crippen molar-refractivity contribution in [2.75, 3.05) is 18.5 Å². The minimum atomic E-state index is -0.854. The molecule has 1 aliphatic carbocycles. The van der Waals surface area contributed by atoms with Crippen LogP contribution in [0.5, 0.6) is 0 Å². The van der Waals surface area contributed by atoms with Crippen molar-refractivity contribution in [2.45, 2.75) is 18.4 Å². The van der Waals surface area contributed by atoms with Gasteiger partial charge in [-0.05, 0) is 18.8 Å². The van der Waals surface area contributed by atoms with Crippen LogP contribution in [0.15, 0.2) is 17.5 Å². The fourth-order valence-electron chi connectivity index (χ4n) is 2.24. The van der Waals surface area contributed by atoms with Crippen molar-refractivity contribution in [3.05, 3.63) is 18.1 Å². The summed E-state index contributed by atoms with van der Waals surface area (Å²) in [6.07, 6.45) is 3.97. The largest absolute Gasteiger partial charge is 0.409 e. The summed E-state index contributed by atoms with van der Waals surface area (Å²) in [5.41, 5.74) is 4.86. The van der Waals surface area contributed by atoms with Gasteiger partial charge in [-0.1, -0.05) is 5.16 Å². The Morgan fingerprint density at radius 3 is 2.79 bits per heavy atom. The van der Waals surface area contributed by atoms with E-state index in [-0.39, 0.29) is 30.6 Å². The van der Waals surface area contributed by atoms with Crippen molar-refractivity contribution in [2.24, 2.45) is 16.8 Å². The van der Waals surface area contributed by atoms with Gasteiger partial charge < -0.3 is 26.5 Å². The summed E-state index contributed by atoms with van der Waals surface area (Å²) >= 11 is 0. The van der Waals surface area contributed by atoms with Gasteiger partial charge in [0.1, 0.15) is 0 Å². The summed E-state index contributed by atoms with van der Waals surface area (Å²) in [5, 5.41) is 33.5. The first-order valence-corrected chi connectivity index (χ1v) is 5.94. The van der Waals surface area contributed by atoms with Crippen molar-refractivity contribution in [3.8, 4) is 0 Å². The SMILES string of the molecule is N/C(=N\O)c1nccnc1NCC1(O)CC(CO)C1. The molecule has 104 valence electrons. The van der Waals surface area contributed by atoms with Crippen LogP contribution in [0.3, 0.4) is 0 Å². The Labute approximate surface area is 110 Å². The fraction of sp³-hybridized carbons (Fsp3) is 0.545. The lowest BCUT2D eigenvalue weighted by atomic mass is 9.71. The maximum atomic E-state index is 10.1. The van der Waals surface area contributed by atoms with E-state index in [0.717, 1.165) is 0 Å². The van der Waals surface area contributed by atoms with Gasteiger partial charge in [0.25, 0.3) is 0 Å². The Morgan fingerprint density at radius 1 is 1.47 bits per heavy atom. The molecule has 0 aliphatic heterocycles. The molecule has 1 heterocycles. The number of nitrogens with two attached hydrogens (primary N) is 1. The zero-order valence-electron chi connectivity index (χ0n) is 10.3. The van der Waals surface area contributed by atoms with Gasteiger partial charge in [0, 0.05) is 25.5 Å². The zero-order chi connectivity index (χ0) is 13.9. The highest BCUT2D eigenvalue weighted by Crippen LogP contribution is 2.37. The van der Waals surface area contributed by atoms with Crippen LogP contribution < -0.4 is 11.1 Å². The number of hydrogen-bond donors (Lipinski definition) is 5. The molecule has 0 radical (unpaired) electrons. The third-order valence-corrected chi connectivity index (χ3v) is 3.23. The van der Waals surface area contributed by atoms with Crippen LogP contribution in [0, 0.1) is 5.92 Å². The maximum absolute atomic E-state index is 10.1. The number of nitrogens with one attached hydrogen (secondary N) is 1. The van der Waals surface area contributed by atoms with Crippen molar-refractivity contribution in [1.29, 1.82) is 0 Å². The van der Waals surface area contributed by atoms with Crippen LogP contribution >= 0.6 is 0 Å². The van der Waals surface area contributed by atoms with Gasteiger partial charge in [0.15, 0.2) is 17.3 Å². The normalized spacial score (nSPS) is 26.8. The molecule has 0 saturated heterocycles. The molecule has 8 heteroatoms. The van der Waals surface area contributed by atoms with Crippen LogP contribution in [0.2, 0.25) is 0 Å². The summed E-state index contributed by atoms with van der Waals surface area (Å²) in [6, 6.07) is 0. The second-order valence-electron chi connectivity index (χ2n) is 4.77. The quantitative estimate of drug-likeness (QED) is 0.202. The van der Waals surface area contributed by atoms with Gasteiger partial charge in [-0.25, -0.2) is 9.97 Å². The molecule has 1 aromatic rings. The molecule has 1 aliphatic rings. The monoisotopic (exact) mass is 267 g/mol. The van der Waals surface area contributed by atoms with Crippen LogP contribution in [0.4, 0.5) is 5.82 Å². The number of aliphatic hydroxyl groups excluding tert-OH is 1. The first-order valence-electron chi connectivity index (χ1n) is 5.94. The molecule has 2 rings (SSSR count). The standard InChI is InChI=1S/C11H17N5O3/c12-9(16-19)8-10(14-2-1-13-8)15-6-11(18)3-7(4-11)5-17/h1-2,7,17-19H,3-6H2,(H2,12,16)(H,14,15). The molecule has 6 N–H and O–H groups in total. The minimum absolute atomic E-state index is 0.0861. The Kier molecular flexibility index (Phi) is 3.82. The number of aliphatic hydroxyl groups is 2. The molecule has 0 bridgehead atoms. The van der Waals surface area contributed by atoms with Crippen LogP contribution in [0.25, 0.3) is 0 Å². The Morgan fingerprint density at radius 2 is 2.16 bits per heavy atom. The summed E-state index contributed by atoms with van der Waals surface area (Å²) in [5.74, 6) is 0.348. The predicted octanol–water partition coefficient (Wildman–Crippen LogP) is -0.884. The number of hydrogen-bond acceptors (Lipinski definition) is 7. The Balaban J connectivity index is 2.01. The zero-order valence-corrected chi connectivity index (χ0v) is 10.3. The van der Waals surface area contributed by atoms with E-state index in [4.69, 9.17) is 16.0 Å². The maximum Gasteiger partial charge on any atom is 0.192 e. The molecule has 0 spiro atoms. The lowest BCUT2D eigenvalue weighted by Crippen LogP contribution is -2.50.